The summed E-state index contributed by atoms with van der Waals surface area (Å²) in [6, 6.07) is 7.11. The Kier molecular flexibility index (Phi) is 4.06. The number of benzene rings is 1. The first-order chi connectivity index (χ1) is 8.19. The number of hydrogen-bond acceptors (Lipinski definition) is 2. The van der Waals surface area contributed by atoms with Gasteiger partial charge in [-0.2, -0.15) is 0 Å². The van der Waals surface area contributed by atoms with Crippen molar-refractivity contribution >= 4 is 5.69 Å². The van der Waals surface area contributed by atoms with E-state index in [1.807, 2.05) is 7.11 Å². The van der Waals surface area contributed by atoms with Crippen LogP contribution in [0.3, 0.4) is 0 Å². The Morgan fingerprint density at radius 3 is 2.35 bits per heavy atom. The lowest BCUT2D eigenvalue weighted by Gasteiger charge is -2.32. The molecule has 0 radical (unpaired) electrons. The number of nitrogens with one attached hydrogen (secondary N) is 1. The number of rotatable bonds is 3. The first-order valence-electron chi connectivity index (χ1n) is 6.56. The van der Waals surface area contributed by atoms with Crippen LogP contribution in [0.4, 0.5) is 5.69 Å². The molecule has 0 aromatic heterocycles. The fourth-order valence-electron chi connectivity index (χ4n) is 2.82. The summed E-state index contributed by atoms with van der Waals surface area (Å²) in [5.74, 6) is 0. The molecule has 1 aromatic rings. The van der Waals surface area contributed by atoms with Crippen LogP contribution in [-0.2, 0) is 4.74 Å². The van der Waals surface area contributed by atoms with Gasteiger partial charge in [-0.05, 0) is 49.9 Å². The Bertz CT molecular complexity index is 355. The summed E-state index contributed by atoms with van der Waals surface area (Å²) < 4.78 is 5.57. The molecule has 2 nitrogen and oxygen atoms in total. The van der Waals surface area contributed by atoms with Crippen molar-refractivity contribution in [3.63, 3.8) is 0 Å². The largest absolute Gasteiger partial charge is 0.380 e. The molecule has 2 rings (SSSR count). The Hall–Kier alpha value is -1.02. The normalized spacial score (nSPS) is 24.6. The molecule has 1 N–H and O–H groups in total. The minimum atomic E-state index is 0.365. The lowest BCUT2D eigenvalue weighted by Crippen LogP contribution is -2.37. The van der Waals surface area contributed by atoms with E-state index in [4.69, 9.17) is 4.74 Å². The van der Waals surface area contributed by atoms with Crippen LogP contribution in [0.15, 0.2) is 18.2 Å². The minimum absolute atomic E-state index is 0.365. The maximum atomic E-state index is 5.57. The van der Waals surface area contributed by atoms with Gasteiger partial charge in [0, 0.05) is 12.8 Å². The Labute approximate surface area is 104 Å². The van der Waals surface area contributed by atoms with Gasteiger partial charge in [0.2, 0.25) is 0 Å². The van der Waals surface area contributed by atoms with Crippen molar-refractivity contribution in [1.82, 2.24) is 0 Å². The van der Waals surface area contributed by atoms with Crippen LogP contribution in [-0.4, -0.2) is 19.3 Å². The monoisotopic (exact) mass is 233 g/mol. The molecule has 0 unspecified atom stereocenters. The quantitative estimate of drug-likeness (QED) is 0.860. The fourth-order valence-corrected chi connectivity index (χ4v) is 2.82. The van der Waals surface area contributed by atoms with Crippen molar-refractivity contribution in [1.29, 1.82) is 0 Å². The molecule has 2 heteroatoms. The Morgan fingerprint density at radius 1 is 1.06 bits per heavy atom. The molecular formula is C15H23NO. The van der Waals surface area contributed by atoms with Crippen LogP contribution in [0, 0.1) is 13.8 Å². The summed E-state index contributed by atoms with van der Waals surface area (Å²) in [6.45, 7) is 4.29. The molecule has 0 spiro atoms. The van der Waals surface area contributed by atoms with E-state index in [0.29, 0.717) is 12.1 Å². The van der Waals surface area contributed by atoms with E-state index in [1.54, 1.807) is 0 Å². The van der Waals surface area contributed by atoms with Crippen molar-refractivity contribution in [2.45, 2.75) is 51.7 Å². The summed E-state index contributed by atoms with van der Waals surface area (Å²) in [5, 5.41) is 3.64. The van der Waals surface area contributed by atoms with E-state index in [-0.39, 0.29) is 0 Å². The Balaban J connectivity index is 2.08. The zero-order valence-electron chi connectivity index (χ0n) is 11.1. The highest BCUT2D eigenvalue weighted by atomic mass is 16.5. The minimum Gasteiger partial charge on any atom is -0.380 e. The van der Waals surface area contributed by atoms with Gasteiger partial charge in [0.1, 0.15) is 0 Å². The van der Waals surface area contributed by atoms with Crippen LogP contribution in [0.2, 0.25) is 0 Å². The lowest BCUT2D eigenvalue weighted by molar-refractivity contribution is 0.0606. The molecule has 1 fully saturated rings. The van der Waals surface area contributed by atoms with Crippen molar-refractivity contribution in [3.05, 3.63) is 29.3 Å². The summed E-state index contributed by atoms with van der Waals surface area (Å²) in [7, 11) is 1.83. The van der Waals surface area contributed by atoms with E-state index in [1.165, 1.54) is 42.5 Å². The van der Waals surface area contributed by atoms with E-state index in [2.05, 4.69) is 37.4 Å². The van der Waals surface area contributed by atoms with Crippen LogP contribution in [0.5, 0.6) is 0 Å². The highest BCUT2D eigenvalue weighted by Crippen LogP contribution is 2.25. The lowest BCUT2D eigenvalue weighted by atomic mass is 9.92. The topological polar surface area (TPSA) is 21.3 Å². The smallest absolute Gasteiger partial charge is 0.0772 e. The maximum absolute atomic E-state index is 5.57. The first kappa shape index (κ1) is 12.4. The van der Waals surface area contributed by atoms with Gasteiger partial charge in [-0.15, -0.1) is 0 Å². The number of methoxy groups -OCH3 is 1. The second-order valence-corrected chi connectivity index (χ2v) is 5.19. The van der Waals surface area contributed by atoms with E-state index in [9.17, 15) is 0 Å². The second-order valence-electron chi connectivity index (χ2n) is 5.19. The summed E-state index contributed by atoms with van der Waals surface area (Å²) in [4.78, 5) is 0. The number of aryl methyl sites for hydroxylation is 2. The van der Waals surface area contributed by atoms with Gasteiger partial charge >= 0.3 is 0 Å². The molecule has 0 heterocycles. The first-order valence-corrected chi connectivity index (χ1v) is 6.56. The highest BCUT2D eigenvalue weighted by Gasteiger charge is 2.24. The van der Waals surface area contributed by atoms with Crippen molar-refractivity contribution in [2.75, 3.05) is 12.4 Å². The third kappa shape index (κ3) is 3.22. The predicted molar refractivity (Wildman–Crippen MR) is 72.6 cm³/mol. The number of ether oxygens (including phenoxy) is 1. The van der Waals surface area contributed by atoms with E-state index >= 15 is 0 Å². The summed E-state index contributed by atoms with van der Waals surface area (Å²) >= 11 is 0. The molecule has 0 bridgehead atoms. The fraction of sp³-hybridized carbons (Fsp3) is 0.600. The average Bonchev–Trinajstić information content (AvgIpc) is 2.28. The van der Waals surface area contributed by atoms with Gasteiger partial charge in [0.05, 0.1) is 12.1 Å². The molecule has 17 heavy (non-hydrogen) atoms. The highest BCUT2D eigenvalue weighted by molar-refractivity contribution is 5.49. The van der Waals surface area contributed by atoms with Crippen molar-refractivity contribution in [3.8, 4) is 0 Å². The Morgan fingerprint density at radius 2 is 1.71 bits per heavy atom. The number of hydrogen-bond donors (Lipinski definition) is 1. The SMILES string of the molecule is CO[C@@H]1CCCC[C@H]1Nc1cc(C)cc(C)c1. The van der Waals surface area contributed by atoms with Crippen molar-refractivity contribution in [2.24, 2.45) is 0 Å². The zero-order chi connectivity index (χ0) is 12.3. The third-order valence-electron chi connectivity index (χ3n) is 3.58. The van der Waals surface area contributed by atoms with Crippen molar-refractivity contribution < 1.29 is 4.74 Å². The molecule has 2 atom stereocenters. The molecular weight excluding hydrogens is 210 g/mol. The molecule has 0 amide bonds. The number of anilines is 1. The average molecular weight is 233 g/mol. The molecule has 1 saturated carbocycles. The van der Waals surface area contributed by atoms with Gasteiger partial charge in [-0.3, -0.25) is 0 Å². The van der Waals surface area contributed by atoms with Gasteiger partial charge in [-0.1, -0.05) is 18.9 Å². The summed E-state index contributed by atoms with van der Waals surface area (Å²) in [5.41, 5.74) is 3.87. The standard InChI is InChI=1S/C15H23NO/c1-11-8-12(2)10-13(9-11)16-14-6-4-5-7-15(14)17-3/h8-10,14-16H,4-7H2,1-3H3/t14-,15-/m1/s1. The van der Waals surface area contributed by atoms with Gasteiger partial charge in [-0.25, -0.2) is 0 Å². The molecule has 0 saturated heterocycles. The van der Waals surface area contributed by atoms with Gasteiger partial charge < -0.3 is 10.1 Å². The zero-order valence-corrected chi connectivity index (χ0v) is 11.1. The van der Waals surface area contributed by atoms with Crippen LogP contribution >= 0.6 is 0 Å². The van der Waals surface area contributed by atoms with Crippen LogP contribution < -0.4 is 5.32 Å². The molecule has 1 aliphatic carbocycles. The molecule has 0 aliphatic heterocycles. The van der Waals surface area contributed by atoms with Gasteiger partial charge in [0.25, 0.3) is 0 Å². The molecule has 1 aliphatic rings. The van der Waals surface area contributed by atoms with E-state index < -0.39 is 0 Å². The molecule has 94 valence electrons. The maximum Gasteiger partial charge on any atom is 0.0772 e. The van der Waals surface area contributed by atoms with Crippen LogP contribution in [0.1, 0.15) is 36.8 Å². The second kappa shape index (κ2) is 5.54. The van der Waals surface area contributed by atoms with E-state index in [0.717, 1.165) is 0 Å². The predicted octanol–water partition coefficient (Wildman–Crippen LogP) is 3.67. The van der Waals surface area contributed by atoms with Crippen LogP contribution in [0.25, 0.3) is 0 Å². The van der Waals surface area contributed by atoms with Gasteiger partial charge in [0.15, 0.2) is 0 Å². The molecule has 1 aromatic carbocycles. The summed E-state index contributed by atoms with van der Waals surface area (Å²) in [6.07, 6.45) is 5.36. The third-order valence-corrected chi connectivity index (χ3v) is 3.58.